The van der Waals surface area contributed by atoms with Crippen molar-refractivity contribution in [2.45, 2.75) is 43.8 Å². The van der Waals surface area contributed by atoms with Crippen molar-refractivity contribution < 1.29 is 34.4 Å². The number of para-hydroxylation sites is 1. The van der Waals surface area contributed by atoms with Crippen LogP contribution in [0.5, 0.6) is 5.88 Å². The summed E-state index contributed by atoms with van der Waals surface area (Å²) in [6.45, 7) is 0.155. The molecule has 2 atom stereocenters. The Bertz CT molecular complexity index is 1820. The number of nitrogens with zero attached hydrogens (tertiary/aromatic N) is 5. The Morgan fingerprint density at radius 1 is 0.913 bits per heavy atom. The van der Waals surface area contributed by atoms with Crippen molar-refractivity contribution >= 4 is 34.7 Å². The lowest BCUT2D eigenvalue weighted by atomic mass is 10.1. The minimum absolute atomic E-state index is 0.00400. The molecule has 7 rings (SSSR count). The van der Waals surface area contributed by atoms with Crippen molar-refractivity contribution in [2.24, 2.45) is 0 Å². The number of amides is 2. The van der Waals surface area contributed by atoms with Gasteiger partial charge in [0.05, 0.1) is 12.4 Å². The SMILES string of the molecule is O=C(Nc1ccccc1)Nc1ncnc2c1ncn2C1CCC(COc2ncccc2C(=O)O)O1.OC1(O)Cc2ccccc2C1. The maximum Gasteiger partial charge on any atom is 0.341 e. The summed E-state index contributed by atoms with van der Waals surface area (Å²) >= 11 is 0. The molecule has 2 amide bonds. The molecule has 1 saturated heterocycles. The summed E-state index contributed by atoms with van der Waals surface area (Å²) in [6.07, 6.45) is 5.89. The molecule has 1 aliphatic carbocycles. The molecule has 3 aromatic heterocycles. The van der Waals surface area contributed by atoms with Crippen molar-refractivity contribution in [1.29, 1.82) is 0 Å². The molecule has 4 heterocycles. The number of carbonyl (C=O) groups excluding carboxylic acids is 1. The number of aromatic carboxylic acids is 1. The van der Waals surface area contributed by atoms with Crippen LogP contribution in [0.4, 0.5) is 16.3 Å². The molecule has 1 aliphatic heterocycles. The smallest absolute Gasteiger partial charge is 0.341 e. The summed E-state index contributed by atoms with van der Waals surface area (Å²) in [5, 5.41) is 33.3. The number of fused-ring (bicyclic) bond motifs is 2. The van der Waals surface area contributed by atoms with Crippen LogP contribution in [0.1, 0.15) is 40.6 Å². The number of carboxylic acid groups (broad SMARTS) is 1. The molecule has 46 heavy (non-hydrogen) atoms. The molecule has 1 fully saturated rings. The average Bonchev–Trinajstić information content (AvgIpc) is 3.77. The van der Waals surface area contributed by atoms with Gasteiger partial charge in [0.25, 0.3) is 0 Å². The van der Waals surface area contributed by atoms with Gasteiger partial charge in [0.15, 0.2) is 22.8 Å². The Morgan fingerprint density at radius 3 is 2.39 bits per heavy atom. The third-order valence-electron chi connectivity index (χ3n) is 7.49. The van der Waals surface area contributed by atoms with Crippen molar-refractivity contribution in [2.75, 3.05) is 17.2 Å². The number of imidazole rings is 1. The Kier molecular flexibility index (Phi) is 8.83. The van der Waals surface area contributed by atoms with Crippen LogP contribution in [0.3, 0.4) is 0 Å². The Hall–Kier alpha value is -5.44. The van der Waals surface area contributed by atoms with E-state index in [1.165, 1.54) is 18.6 Å². The fourth-order valence-corrected chi connectivity index (χ4v) is 5.37. The minimum atomic E-state index is -1.50. The molecule has 2 aromatic carbocycles. The molecular weight excluding hydrogens is 594 g/mol. The van der Waals surface area contributed by atoms with E-state index in [1.807, 2.05) is 42.5 Å². The zero-order chi connectivity index (χ0) is 32.1. The molecule has 5 aromatic rings. The van der Waals surface area contributed by atoms with Crippen LogP contribution >= 0.6 is 0 Å². The van der Waals surface area contributed by atoms with Crippen molar-refractivity contribution in [3.8, 4) is 5.88 Å². The Labute approximate surface area is 262 Å². The number of carboxylic acids is 1. The molecule has 0 bridgehead atoms. The van der Waals surface area contributed by atoms with E-state index in [0.717, 1.165) is 11.1 Å². The minimum Gasteiger partial charge on any atom is -0.477 e. The van der Waals surface area contributed by atoms with Gasteiger partial charge in [0, 0.05) is 24.7 Å². The first-order chi connectivity index (χ1) is 22.3. The topological polar surface area (TPSA) is 194 Å². The first kappa shape index (κ1) is 30.6. The monoisotopic (exact) mass is 625 g/mol. The number of nitrogens with one attached hydrogen (secondary N) is 2. The summed E-state index contributed by atoms with van der Waals surface area (Å²) < 4.78 is 13.5. The van der Waals surface area contributed by atoms with Crippen molar-refractivity contribution in [1.82, 2.24) is 24.5 Å². The second-order valence-electron chi connectivity index (χ2n) is 10.9. The van der Waals surface area contributed by atoms with Gasteiger partial charge in [-0.1, -0.05) is 42.5 Å². The van der Waals surface area contributed by atoms with Gasteiger partial charge in [0.2, 0.25) is 5.88 Å². The Balaban J connectivity index is 0.000000283. The first-order valence-corrected chi connectivity index (χ1v) is 14.5. The molecule has 5 N–H and O–H groups in total. The summed E-state index contributed by atoms with van der Waals surface area (Å²) in [7, 11) is 0. The molecule has 14 nitrogen and oxygen atoms in total. The lowest BCUT2D eigenvalue weighted by molar-refractivity contribution is -0.150. The zero-order valence-electron chi connectivity index (χ0n) is 24.5. The maximum absolute atomic E-state index is 12.4. The number of pyridine rings is 1. The number of ether oxygens (including phenoxy) is 2. The van der Waals surface area contributed by atoms with E-state index in [4.69, 9.17) is 9.47 Å². The number of hydrogen-bond donors (Lipinski definition) is 5. The van der Waals surface area contributed by atoms with E-state index < -0.39 is 17.8 Å². The van der Waals surface area contributed by atoms with Crippen LogP contribution in [-0.4, -0.2) is 70.3 Å². The van der Waals surface area contributed by atoms with Crippen LogP contribution in [0, 0.1) is 0 Å². The van der Waals surface area contributed by atoms with Crippen LogP contribution < -0.4 is 15.4 Å². The maximum atomic E-state index is 12.4. The highest BCUT2D eigenvalue weighted by molar-refractivity contribution is 6.02. The fraction of sp³-hybridized carbons (Fsp3) is 0.250. The highest BCUT2D eigenvalue weighted by Crippen LogP contribution is 2.32. The van der Waals surface area contributed by atoms with Crippen molar-refractivity contribution in [3.05, 3.63) is 102 Å². The van der Waals surface area contributed by atoms with Gasteiger partial charge < -0.3 is 30.1 Å². The average molecular weight is 626 g/mol. The third-order valence-corrected chi connectivity index (χ3v) is 7.49. The van der Waals surface area contributed by atoms with E-state index >= 15 is 0 Å². The summed E-state index contributed by atoms with van der Waals surface area (Å²) in [6, 6.07) is 19.3. The molecule has 0 saturated carbocycles. The summed E-state index contributed by atoms with van der Waals surface area (Å²) in [5.41, 5.74) is 3.69. The predicted octanol–water partition coefficient (Wildman–Crippen LogP) is 3.79. The first-order valence-electron chi connectivity index (χ1n) is 14.5. The van der Waals surface area contributed by atoms with Gasteiger partial charge in [-0.3, -0.25) is 9.88 Å². The number of urea groups is 1. The highest BCUT2D eigenvalue weighted by atomic mass is 16.6. The van der Waals surface area contributed by atoms with Gasteiger partial charge in [-0.15, -0.1) is 0 Å². The second-order valence-corrected chi connectivity index (χ2v) is 10.9. The molecule has 236 valence electrons. The van der Waals surface area contributed by atoms with Crippen LogP contribution in [-0.2, 0) is 17.6 Å². The number of anilines is 2. The Morgan fingerprint density at radius 2 is 1.65 bits per heavy atom. The molecular formula is C32H31N7O7. The number of aliphatic hydroxyl groups is 2. The molecule has 2 unspecified atom stereocenters. The third kappa shape index (κ3) is 7.10. The van der Waals surface area contributed by atoms with Gasteiger partial charge in [-0.25, -0.2) is 29.5 Å². The summed E-state index contributed by atoms with van der Waals surface area (Å²) in [5.74, 6) is -2.28. The number of carbonyl (C=O) groups is 2. The molecule has 0 spiro atoms. The number of rotatable bonds is 7. The predicted molar refractivity (Wildman–Crippen MR) is 165 cm³/mol. The lowest BCUT2D eigenvalue weighted by Gasteiger charge is -2.16. The largest absolute Gasteiger partial charge is 0.477 e. The number of benzene rings is 2. The molecule has 14 heteroatoms. The van der Waals surface area contributed by atoms with Gasteiger partial charge in [-0.2, -0.15) is 0 Å². The quantitative estimate of drug-likeness (QED) is 0.165. The zero-order valence-corrected chi connectivity index (χ0v) is 24.5. The lowest BCUT2D eigenvalue weighted by Crippen LogP contribution is -2.27. The fourth-order valence-electron chi connectivity index (χ4n) is 5.37. The number of aromatic nitrogens is 5. The van der Waals surface area contributed by atoms with E-state index in [0.29, 0.717) is 42.5 Å². The van der Waals surface area contributed by atoms with E-state index in [1.54, 1.807) is 29.1 Å². The van der Waals surface area contributed by atoms with Crippen LogP contribution in [0.25, 0.3) is 11.2 Å². The van der Waals surface area contributed by atoms with Gasteiger partial charge >= 0.3 is 12.0 Å². The molecule has 2 aliphatic rings. The molecule has 0 radical (unpaired) electrons. The van der Waals surface area contributed by atoms with Crippen molar-refractivity contribution in [3.63, 3.8) is 0 Å². The normalized spacial score (nSPS) is 17.9. The van der Waals surface area contributed by atoms with E-state index in [9.17, 15) is 24.9 Å². The van der Waals surface area contributed by atoms with Gasteiger partial charge in [-0.05, 0) is 48.2 Å². The highest BCUT2D eigenvalue weighted by Gasteiger charge is 2.32. The second kappa shape index (κ2) is 13.3. The van der Waals surface area contributed by atoms with E-state index in [2.05, 4.69) is 30.6 Å². The van der Waals surface area contributed by atoms with Crippen LogP contribution in [0.2, 0.25) is 0 Å². The van der Waals surface area contributed by atoms with Crippen LogP contribution in [0.15, 0.2) is 85.6 Å². The standard InChI is InChI=1S/C23H21N7O5.C9H10O2/c31-22(32)16-7-4-10-24-21(16)34-11-15-8-9-17(35-15)30-13-27-18-19(25-12-26-20(18)30)29-23(33)28-14-5-2-1-3-6-14;10-9(11)5-7-3-1-2-4-8(7)6-9/h1-7,10,12-13,15,17H,8-9,11H2,(H,31,32)(H2,25,26,28,29,33);1-4,10-11H,5-6H2. The summed E-state index contributed by atoms with van der Waals surface area (Å²) in [4.78, 5) is 40.6. The van der Waals surface area contributed by atoms with Gasteiger partial charge in [0.1, 0.15) is 24.7 Å². The van der Waals surface area contributed by atoms with E-state index in [-0.39, 0.29) is 36.2 Å². The number of hydrogen-bond acceptors (Lipinski definition) is 10.